The minimum Gasteiger partial charge on any atom is -0.454 e. The number of nitrogens with zero attached hydrogens (tertiary/aromatic N) is 1. The molecule has 0 unspecified atom stereocenters. The topological polar surface area (TPSA) is 22.1 Å². The Morgan fingerprint density at radius 3 is 2.65 bits per heavy atom. The van der Waals surface area contributed by atoms with Crippen molar-refractivity contribution in [2.75, 3.05) is 0 Å². The van der Waals surface area contributed by atoms with Crippen LogP contribution in [0, 0.1) is 12.7 Å². The van der Waals surface area contributed by atoms with Crippen molar-refractivity contribution in [1.82, 2.24) is 4.98 Å². The summed E-state index contributed by atoms with van der Waals surface area (Å²) in [5, 5.41) is 0.720. The van der Waals surface area contributed by atoms with Crippen LogP contribution >= 0.6 is 15.9 Å². The number of benzene rings is 2. The summed E-state index contributed by atoms with van der Waals surface area (Å²) in [5.74, 6) is 1.00. The largest absolute Gasteiger partial charge is 0.454 e. The maximum absolute atomic E-state index is 13.7. The second-order valence-electron chi connectivity index (χ2n) is 4.42. The van der Waals surface area contributed by atoms with Gasteiger partial charge >= 0.3 is 0 Å². The lowest BCUT2D eigenvalue weighted by molar-refractivity contribution is 0.474. The molecule has 3 rings (SSSR count). The second-order valence-corrected chi connectivity index (χ2v) is 5.27. The van der Waals surface area contributed by atoms with Gasteiger partial charge in [0.2, 0.25) is 0 Å². The molecule has 0 saturated carbocycles. The van der Waals surface area contributed by atoms with E-state index in [1.165, 1.54) is 6.07 Å². The van der Waals surface area contributed by atoms with Gasteiger partial charge in [0.05, 0.1) is 10.2 Å². The van der Waals surface area contributed by atoms with E-state index in [2.05, 4.69) is 20.9 Å². The van der Waals surface area contributed by atoms with Gasteiger partial charge in [0.25, 0.3) is 0 Å². The summed E-state index contributed by atoms with van der Waals surface area (Å²) < 4.78 is 20.4. The summed E-state index contributed by atoms with van der Waals surface area (Å²) in [6.07, 6.45) is 0. The lowest BCUT2D eigenvalue weighted by atomic mass is 10.2. The van der Waals surface area contributed by atoms with Crippen LogP contribution in [0.4, 0.5) is 4.39 Å². The minimum absolute atomic E-state index is 0.321. The number of rotatable bonds is 2. The highest BCUT2D eigenvalue weighted by atomic mass is 79.9. The fourth-order valence-corrected chi connectivity index (χ4v) is 2.35. The van der Waals surface area contributed by atoms with Gasteiger partial charge in [-0.15, -0.1) is 0 Å². The zero-order valence-electron chi connectivity index (χ0n) is 10.7. The van der Waals surface area contributed by atoms with Crippen molar-refractivity contribution in [2.45, 2.75) is 6.92 Å². The van der Waals surface area contributed by atoms with E-state index in [-0.39, 0.29) is 5.82 Å². The highest BCUT2D eigenvalue weighted by Crippen LogP contribution is 2.32. The summed E-state index contributed by atoms with van der Waals surface area (Å²) in [6.45, 7) is 1.80. The Bertz CT molecular complexity index is 789. The van der Waals surface area contributed by atoms with Crippen molar-refractivity contribution in [1.29, 1.82) is 0 Å². The molecule has 0 aliphatic heterocycles. The molecule has 0 N–H and O–H groups in total. The average molecular weight is 332 g/mol. The zero-order chi connectivity index (χ0) is 14.1. The molecule has 0 saturated heterocycles. The van der Waals surface area contributed by atoms with E-state index in [1.54, 1.807) is 19.1 Å². The van der Waals surface area contributed by atoms with Crippen molar-refractivity contribution < 1.29 is 9.13 Å². The van der Waals surface area contributed by atoms with Gasteiger partial charge in [-0.05, 0) is 47.1 Å². The molecule has 0 aliphatic rings. The first-order valence-electron chi connectivity index (χ1n) is 6.13. The Hall–Kier alpha value is -1.94. The summed E-state index contributed by atoms with van der Waals surface area (Å²) in [5.41, 5.74) is 1.02. The first-order chi connectivity index (χ1) is 9.65. The average Bonchev–Trinajstić information content (AvgIpc) is 2.43. The first kappa shape index (κ1) is 13.1. The zero-order valence-corrected chi connectivity index (χ0v) is 12.3. The smallest absolute Gasteiger partial charge is 0.149 e. The molecule has 0 radical (unpaired) electrons. The van der Waals surface area contributed by atoms with E-state index in [0.29, 0.717) is 22.7 Å². The molecular weight excluding hydrogens is 321 g/mol. The molecule has 100 valence electrons. The summed E-state index contributed by atoms with van der Waals surface area (Å²) in [6, 6.07) is 14.3. The monoisotopic (exact) mass is 331 g/mol. The quantitative estimate of drug-likeness (QED) is 0.640. The molecule has 0 spiro atoms. The number of halogens is 2. The van der Waals surface area contributed by atoms with Gasteiger partial charge < -0.3 is 4.74 Å². The van der Waals surface area contributed by atoms with Crippen LogP contribution < -0.4 is 4.74 Å². The van der Waals surface area contributed by atoms with Crippen LogP contribution in [0.3, 0.4) is 0 Å². The molecule has 20 heavy (non-hydrogen) atoms. The van der Waals surface area contributed by atoms with Gasteiger partial charge in [0.15, 0.2) is 0 Å². The summed E-state index contributed by atoms with van der Waals surface area (Å²) in [7, 11) is 0. The van der Waals surface area contributed by atoms with E-state index in [0.717, 1.165) is 9.86 Å². The van der Waals surface area contributed by atoms with Gasteiger partial charge in [-0.3, -0.25) is 0 Å². The lowest BCUT2D eigenvalue weighted by Gasteiger charge is -2.11. The van der Waals surface area contributed by atoms with Gasteiger partial charge in [-0.2, -0.15) is 0 Å². The molecule has 0 atom stereocenters. The van der Waals surface area contributed by atoms with E-state index < -0.39 is 0 Å². The lowest BCUT2D eigenvalue weighted by Crippen LogP contribution is -1.93. The van der Waals surface area contributed by atoms with Gasteiger partial charge in [0, 0.05) is 5.39 Å². The second kappa shape index (κ2) is 5.21. The Labute approximate surface area is 124 Å². The van der Waals surface area contributed by atoms with E-state index >= 15 is 0 Å². The Kier molecular flexibility index (Phi) is 3.40. The molecule has 4 heteroatoms. The molecule has 2 nitrogen and oxygen atoms in total. The van der Waals surface area contributed by atoms with Crippen LogP contribution in [0.1, 0.15) is 5.69 Å². The maximum Gasteiger partial charge on any atom is 0.149 e. The Balaban J connectivity index is 2.08. The predicted molar refractivity (Wildman–Crippen MR) is 80.7 cm³/mol. The van der Waals surface area contributed by atoms with Crippen LogP contribution in [0.25, 0.3) is 10.9 Å². The number of para-hydroxylation sites is 2. The number of aromatic nitrogens is 1. The normalized spacial score (nSPS) is 10.8. The van der Waals surface area contributed by atoms with E-state index in [1.807, 2.05) is 30.3 Å². The number of fused-ring (bicyclic) bond motifs is 1. The van der Waals surface area contributed by atoms with Crippen LogP contribution in [0.2, 0.25) is 0 Å². The number of ether oxygens (including phenoxy) is 1. The standard InChI is InChI=1S/C16H11BrFNO/c1-10-15(20-14-8-3-2-6-12(14)17)9-11-5-4-7-13(18)16(11)19-10/h2-9H,1H3. The Morgan fingerprint density at radius 1 is 1.05 bits per heavy atom. The minimum atomic E-state index is -0.321. The number of hydrogen-bond donors (Lipinski definition) is 0. The molecule has 3 aromatic rings. The highest BCUT2D eigenvalue weighted by Gasteiger charge is 2.09. The van der Waals surface area contributed by atoms with Gasteiger partial charge in [-0.25, -0.2) is 9.37 Å². The molecular formula is C16H11BrFNO. The van der Waals surface area contributed by atoms with Gasteiger partial charge in [0.1, 0.15) is 22.8 Å². The van der Waals surface area contributed by atoms with Crippen molar-refractivity contribution in [3.63, 3.8) is 0 Å². The third-order valence-corrected chi connectivity index (χ3v) is 3.65. The van der Waals surface area contributed by atoms with Crippen LogP contribution in [0.15, 0.2) is 53.0 Å². The molecule has 0 aliphatic carbocycles. The third kappa shape index (κ3) is 2.39. The fraction of sp³-hybridized carbons (Fsp3) is 0.0625. The summed E-state index contributed by atoms with van der Waals surface area (Å²) >= 11 is 3.43. The molecule has 0 amide bonds. The highest BCUT2D eigenvalue weighted by molar-refractivity contribution is 9.10. The first-order valence-corrected chi connectivity index (χ1v) is 6.93. The maximum atomic E-state index is 13.7. The SMILES string of the molecule is Cc1nc2c(F)cccc2cc1Oc1ccccc1Br. The van der Waals surface area contributed by atoms with Crippen molar-refractivity contribution in [2.24, 2.45) is 0 Å². The van der Waals surface area contributed by atoms with Crippen molar-refractivity contribution >= 4 is 26.8 Å². The van der Waals surface area contributed by atoms with Crippen molar-refractivity contribution in [3.8, 4) is 11.5 Å². The Morgan fingerprint density at radius 2 is 1.85 bits per heavy atom. The fourth-order valence-electron chi connectivity index (χ4n) is 1.98. The molecule has 0 bridgehead atoms. The number of aryl methyl sites for hydroxylation is 1. The van der Waals surface area contributed by atoms with Crippen LogP contribution in [-0.2, 0) is 0 Å². The predicted octanol–water partition coefficient (Wildman–Crippen LogP) is 5.24. The van der Waals surface area contributed by atoms with E-state index in [9.17, 15) is 4.39 Å². The molecule has 1 aromatic heterocycles. The van der Waals surface area contributed by atoms with Crippen LogP contribution in [-0.4, -0.2) is 4.98 Å². The molecule has 1 heterocycles. The van der Waals surface area contributed by atoms with Crippen molar-refractivity contribution in [3.05, 3.63) is 64.5 Å². The molecule has 0 fully saturated rings. The summed E-state index contributed by atoms with van der Waals surface area (Å²) in [4.78, 5) is 4.29. The van der Waals surface area contributed by atoms with Crippen LogP contribution in [0.5, 0.6) is 11.5 Å². The van der Waals surface area contributed by atoms with Gasteiger partial charge in [-0.1, -0.05) is 24.3 Å². The third-order valence-electron chi connectivity index (χ3n) is 3.00. The molecule has 2 aromatic carbocycles. The number of hydrogen-bond acceptors (Lipinski definition) is 2. The van der Waals surface area contributed by atoms with E-state index in [4.69, 9.17) is 4.74 Å². The number of pyridine rings is 1.